The lowest BCUT2D eigenvalue weighted by atomic mass is 9.85. The first kappa shape index (κ1) is 8.97. The van der Waals surface area contributed by atoms with Gasteiger partial charge in [0.1, 0.15) is 0 Å². The minimum atomic E-state index is -0.580. The predicted molar refractivity (Wildman–Crippen MR) is 41.2 cm³/mol. The number of rotatable bonds is 2. The Morgan fingerprint density at radius 3 is 2.73 bits per heavy atom. The Morgan fingerprint density at radius 1 is 1.36 bits per heavy atom. The molecule has 0 spiro atoms. The molecule has 0 saturated heterocycles. The number of hydrogen-bond acceptors (Lipinski definition) is 3. The first-order valence-corrected chi connectivity index (χ1v) is 4.10. The number of ether oxygens (including phenoxy) is 1. The van der Waals surface area contributed by atoms with E-state index in [0.717, 1.165) is 19.3 Å². The van der Waals surface area contributed by atoms with Crippen molar-refractivity contribution in [2.45, 2.75) is 31.5 Å². The van der Waals surface area contributed by atoms with Crippen LogP contribution in [0.15, 0.2) is 0 Å². The van der Waals surface area contributed by atoms with Crippen molar-refractivity contribution in [1.29, 1.82) is 0 Å². The van der Waals surface area contributed by atoms with Gasteiger partial charge in [-0.25, -0.2) is 0 Å². The molecule has 66 valence electrons. The monoisotopic (exact) mass is 160 g/mol. The van der Waals surface area contributed by atoms with Gasteiger partial charge in [0.2, 0.25) is 0 Å². The van der Waals surface area contributed by atoms with Gasteiger partial charge in [-0.1, -0.05) is 6.42 Å². The molecular formula is C8H16O3. The van der Waals surface area contributed by atoms with Gasteiger partial charge in [0.15, 0.2) is 0 Å². The van der Waals surface area contributed by atoms with Gasteiger partial charge in [-0.15, -0.1) is 0 Å². The quantitative estimate of drug-likeness (QED) is 0.604. The van der Waals surface area contributed by atoms with E-state index in [1.807, 2.05) is 0 Å². The maximum Gasteiger partial charge on any atom is 0.0849 e. The van der Waals surface area contributed by atoms with Crippen LogP contribution in [0.4, 0.5) is 0 Å². The molecule has 1 aliphatic rings. The summed E-state index contributed by atoms with van der Waals surface area (Å²) in [4.78, 5) is 0. The van der Waals surface area contributed by atoms with Gasteiger partial charge in [0.05, 0.1) is 18.8 Å². The molecule has 11 heavy (non-hydrogen) atoms. The van der Waals surface area contributed by atoms with Crippen molar-refractivity contribution in [1.82, 2.24) is 0 Å². The molecule has 0 aliphatic heterocycles. The van der Waals surface area contributed by atoms with E-state index in [9.17, 15) is 10.2 Å². The van der Waals surface area contributed by atoms with Gasteiger partial charge in [-0.3, -0.25) is 0 Å². The molecule has 3 nitrogen and oxygen atoms in total. The highest BCUT2D eigenvalue weighted by Crippen LogP contribution is 2.24. The second-order valence-corrected chi connectivity index (χ2v) is 3.20. The minimum absolute atomic E-state index is 0.128. The van der Waals surface area contributed by atoms with Crippen LogP contribution in [0.1, 0.15) is 19.3 Å². The first-order chi connectivity index (χ1) is 5.25. The van der Waals surface area contributed by atoms with Crippen LogP contribution in [0.3, 0.4) is 0 Å². The molecule has 2 N–H and O–H groups in total. The van der Waals surface area contributed by atoms with Crippen molar-refractivity contribution in [2.75, 3.05) is 13.7 Å². The zero-order valence-corrected chi connectivity index (χ0v) is 6.86. The second kappa shape index (κ2) is 4.04. The highest BCUT2D eigenvalue weighted by molar-refractivity contribution is 4.80. The average molecular weight is 160 g/mol. The maximum atomic E-state index is 9.44. The lowest BCUT2D eigenvalue weighted by Crippen LogP contribution is -2.39. The Labute approximate surface area is 67.0 Å². The average Bonchev–Trinajstić information content (AvgIpc) is 1.99. The third kappa shape index (κ3) is 2.15. The number of aliphatic hydroxyl groups excluding tert-OH is 2. The lowest BCUT2D eigenvalue weighted by molar-refractivity contribution is -0.0637. The molecule has 0 amide bonds. The van der Waals surface area contributed by atoms with Gasteiger partial charge >= 0.3 is 0 Å². The van der Waals surface area contributed by atoms with Crippen molar-refractivity contribution in [2.24, 2.45) is 5.92 Å². The molecule has 0 heterocycles. The van der Waals surface area contributed by atoms with E-state index >= 15 is 0 Å². The van der Waals surface area contributed by atoms with Crippen LogP contribution in [0.2, 0.25) is 0 Å². The fourth-order valence-electron chi connectivity index (χ4n) is 1.64. The predicted octanol–water partition coefficient (Wildman–Crippen LogP) is 0.155. The molecule has 1 saturated carbocycles. The van der Waals surface area contributed by atoms with Crippen LogP contribution in [-0.2, 0) is 4.74 Å². The summed E-state index contributed by atoms with van der Waals surface area (Å²) in [5.41, 5.74) is 0. The van der Waals surface area contributed by atoms with E-state index < -0.39 is 12.2 Å². The molecule has 1 fully saturated rings. The van der Waals surface area contributed by atoms with Crippen LogP contribution in [0, 0.1) is 5.92 Å². The van der Waals surface area contributed by atoms with Gasteiger partial charge < -0.3 is 14.9 Å². The normalized spacial score (nSPS) is 39.0. The van der Waals surface area contributed by atoms with Crippen LogP contribution >= 0.6 is 0 Å². The summed E-state index contributed by atoms with van der Waals surface area (Å²) in [7, 11) is 1.62. The van der Waals surface area contributed by atoms with E-state index in [2.05, 4.69) is 0 Å². The highest BCUT2D eigenvalue weighted by atomic mass is 16.5. The van der Waals surface area contributed by atoms with E-state index in [1.54, 1.807) is 7.11 Å². The van der Waals surface area contributed by atoms with E-state index in [4.69, 9.17) is 4.74 Å². The topological polar surface area (TPSA) is 49.7 Å². The molecule has 0 aromatic carbocycles. The summed E-state index contributed by atoms with van der Waals surface area (Å²) in [6.45, 7) is 0.554. The second-order valence-electron chi connectivity index (χ2n) is 3.20. The molecule has 1 rings (SSSR count). The summed E-state index contributed by atoms with van der Waals surface area (Å²) in [5.74, 6) is 0.128. The fraction of sp³-hybridized carbons (Fsp3) is 1.00. The summed E-state index contributed by atoms with van der Waals surface area (Å²) < 4.78 is 4.93. The number of hydrogen-bond donors (Lipinski definition) is 2. The third-order valence-electron chi connectivity index (χ3n) is 2.33. The standard InChI is InChI=1S/C8H16O3/c1-11-5-6-3-2-4-7(9)8(6)10/h6-10H,2-5H2,1H3/t6?,7?,8-/m1/s1. The molecule has 3 heteroatoms. The summed E-state index contributed by atoms with van der Waals surface area (Å²) in [6.07, 6.45) is 1.56. The molecule has 0 bridgehead atoms. The molecule has 0 aromatic heterocycles. The first-order valence-electron chi connectivity index (χ1n) is 4.10. The van der Waals surface area contributed by atoms with E-state index in [-0.39, 0.29) is 5.92 Å². The number of methoxy groups -OCH3 is 1. The molecule has 0 aromatic rings. The Hall–Kier alpha value is -0.120. The zero-order chi connectivity index (χ0) is 8.27. The van der Waals surface area contributed by atoms with Crippen molar-refractivity contribution >= 4 is 0 Å². The Morgan fingerprint density at radius 2 is 2.09 bits per heavy atom. The fourth-order valence-corrected chi connectivity index (χ4v) is 1.64. The van der Waals surface area contributed by atoms with Gasteiger partial charge in [0.25, 0.3) is 0 Å². The molecule has 1 aliphatic carbocycles. The highest BCUT2D eigenvalue weighted by Gasteiger charge is 2.29. The van der Waals surface area contributed by atoms with Crippen LogP contribution < -0.4 is 0 Å². The van der Waals surface area contributed by atoms with Crippen molar-refractivity contribution in [3.8, 4) is 0 Å². The SMILES string of the molecule is COCC1CCCC(O)[C@@H]1O. The lowest BCUT2D eigenvalue weighted by Gasteiger charge is -2.31. The molecule has 3 atom stereocenters. The van der Waals surface area contributed by atoms with Crippen LogP contribution in [0.5, 0.6) is 0 Å². The Balaban J connectivity index is 2.38. The summed E-state index contributed by atoms with van der Waals surface area (Å²) in [6, 6.07) is 0. The molecular weight excluding hydrogens is 144 g/mol. The maximum absolute atomic E-state index is 9.44. The summed E-state index contributed by atoms with van der Waals surface area (Å²) >= 11 is 0. The van der Waals surface area contributed by atoms with E-state index in [0.29, 0.717) is 6.61 Å². The van der Waals surface area contributed by atoms with Crippen LogP contribution in [-0.4, -0.2) is 36.1 Å². The zero-order valence-electron chi connectivity index (χ0n) is 6.86. The van der Waals surface area contributed by atoms with Gasteiger partial charge in [-0.2, -0.15) is 0 Å². The molecule has 2 unspecified atom stereocenters. The summed E-state index contributed by atoms with van der Waals surface area (Å²) in [5, 5.41) is 18.7. The largest absolute Gasteiger partial charge is 0.390 e. The van der Waals surface area contributed by atoms with Crippen molar-refractivity contribution < 1.29 is 14.9 Å². The minimum Gasteiger partial charge on any atom is -0.390 e. The smallest absolute Gasteiger partial charge is 0.0849 e. The van der Waals surface area contributed by atoms with Gasteiger partial charge in [-0.05, 0) is 12.8 Å². The Kier molecular flexibility index (Phi) is 3.30. The Bertz CT molecular complexity index is 114. The molecule has 0 radical (unpaired) electrons. The van der Waals surface area contributed by atoms with E-state index in [1.165, 1.54) is 0 Å². The van der Waals surface area contributed by atoms with Gasteiger partial charge in [0, 0.05) is 13.0 Å². The van der Waals surface area contributed by atoms with Crippen molar-refractivity contribution in [3.63, 3.8) is 0 Å². The van der Waals surface area contributed by atoms with Crippen molar-refractivity contribution in [3.05, 3.63) is 0 Å². The number of aliphatic hydroxyl groups is 2. The third-order valence-corrected chi connectivity index (χ3v) is 2.33. The van der Waals surface area contributed by atoms with Crippen LogP contribution in [0.25, 0.3) is 0 Å².